The van der Waals surface area contributed by atoms with Crippen LogP contribution in [0.15, 0.2) is 10.7 Å². The van der Waals surface area contributed by atoms with Crippen molar-refractivity contribution in [2.24, 2.45) is 5.41 Å². The van der Waals surface area contributed by atoms with Crippen molar-refractivity contribution in [1.29, 1.82) is 0 Å². The van der Waals surface area contributed by atoms with Gasteiger partial charge in [0.15, 0.2) is 5.78 Å². The predicted octanol–water partition coefficient (Wildman–Crippen LogP) is 3.85. The molecule has 0 amide bonds. The zero-order valence-electron chi connectivity index (χ0n) is 10.5. The molecule has 0 saturated carbocycles. The Morgan fingerprint density at radius 1 is 1.56 bits per heavy atom. The molecule has 0 atom stereocenters. The van der Waals surface area contributed by atoms with Crippen molar-refractivity contribution < 1.29 is 4.79 Å². The molecular weight excluding hydrogens is 268 g/mol. The van der Waals surface area contributed by atoms with Crippen LogP contribution in [0, 0.1) is 5.41 Å². The monoisotopic (exact) mass is 286 g/mol. The molecule has 0 aromatic carbocycles. The van der Waals surface area contributed by atoms with E-state index in [0.717, 1.165) is 10.9 Å². The quantitative estimate of drug-likeness (QED) is 0.788. The highest BCUT2D eigenvalue weighted by Gasteiger charge is 2.31. The molecule has 0 N–H and O–H groups in total. The van der Waals surface area contributed by atoms with Gasteiger partial charge in [0.05, 0.1) is 10.7 Å². The third kappa shape index (κ3) is 2.37. The molecule has 1 heterocycles. The van der Waals surface area contributed by atoms with Gasteiger partial charge in [-0.05, 0) is 36.2 Å². The first-order valence-corrected chi connectivity index (χ1v) is 6.38. The highest BCUT2D eigenvalue weighted by Crippen LogP contribution is 2.30. The van der Waals surface area contributed by atoms with Gasteiger partial charge in [-0.15, -0.1) is 0 Å². The Morgan fingerprint density at radius 2 is 2.12 bits per heavy atom. The van der Waals surface area contributed by atoms with Gasteiger partial charge in [-0.3, -0.25) is 9.48 Å². The standard InChI is InChI=1S/C12H19BrN2O/c1-6-12(4,5)11(16)10-9(13)7-14-15(10)8(2)3/h7-8H,6H2,1-5H3. The number of halogens is 1. The second-order valence-corrected chi connectivity index (χ2v) is 5.80. The lowest BCUT2D eigenvalue weighted by molar-refractivity contribution is 0.0818. The summed E-state index contributed by atoms with van der Waals surface area (Å²) in [6, 6.07) is 0.193. The third-order valence-corrected chi connectivity index (χ3v) is 3.53. The van der Waals surface area contributed by atoms with Crippen LogP contribution in [0.4, 0.5) is 0 Å². The van der Waals surface area contributed by atoms with E-state index >= 15 is 0 Å². The normalized spacial score (nSPS) is 12.2. The van der Waals surface area contributed by atoms with Crippen LogP contribution in [0.5, 0.6) is 0 Å². The number of ketones is 1. The van der Waals surface area contributed by atoms with Gasteiger partial charge in [0, 0.05) is 11.5 Å². The first-order valence-electron chi connectivity index (χ1n) is 5.59. The van der Waals surface area contributed by atoms with E-state index in [4.69, 9.17) is 0 Å². The molecular formula is C12H19BrN2O. The Labute approximate surface area is 105 Å². The molecule has 0 spiro atoms. The number of nitrogens with zero attached hydrogens (tertiary/aromatic N) is 2. The van der Waals surface area contributed by atoms with E-state index in [1.54, 1.807) is 10.9 Å². The maximum atomic E-state index is 12.4. The summed E-state index contributed by atoms with van der Waals surface area (Å²) >= 11 is 3.40. The number of carbonyl (C=O) groups is 1. The van der Waals surface area contributed by atoms with Crippen LogP contribution in [0.25, 0.3) is 0 Å². The molecule has 0 bridgehead atoms. The molecule has 0 aliphatic heterocycles. The van der Waals surface area contributed by atoms with Crippen LogP contribution in [-0.2, 0) is 0 Å². The minimum atomic E-state index is -0.338. The molecule has 90 valence electrons. The van der Waals surface area contributed by atoms with E-state index in [9.17, 15) is 4.79 Å². The van der Waals surface area contributed by atoms with E-state index in [1.807, 2.05) is 34.6 Å². The summed E-state index contributed by atoms with van der Waals surface area (Å²) in [6.07, 6.45) is 2.51. The SMILES string of the molecule is CCC(C)(C)C(=O)c1c(Br)cnn1C(C)C. The zero-order chi connectivity index (χ0) is 12.5. The third-order valence-electron chi connectivity index (χ3n) is 2.95. The van der Waals surface area contributed by atoms with Gasteiger partial charge in [0.2, 0.25) is 0 Å². The zero-order valence-corrected chi connectivity index (χ0v) is 12.1. The van der Waals surface area contributed by atoms with Crippen LogP contribution < -0.4 is 0 Å². The largest absolute Gasteiger partial charge is 0.292 e. The molecule has 4 heteroatoms. The predicted molar refractivity (Wildman–Crippen MR) is 68.7 cm³/mol. The van der Waals surface area contributed by atoms with Gasteiger partial charge >= 0.3 is 0 Å². The van der Waals surface area contributed by atoms with Crippen LogP contribution in [0.3, 0.4) is 0 Å². The van der Waals surface area contributed by atoms with Crippen LogP contribution >= 0.6 is 15.9 Å². The van der Waals surface area contributed by atoms with Gasteiger partial charge in [-0.1, -0.05) is 20.8 Å². The Bertz CT molecular complexity index is 394. The number of hydrogen-bond acceptors (Lipinski definition) is 2. The highest BCUT2D eigenvalue weighted by molar-refractivity contribution is 9.10. The molecule has 0 fully saturated rings. The molecule has 0 unspecified atom stereocenters. The summed E-state index contributed by atoms with van der Waals surface area (Å²) in [5, 5.41) is 4.23. The van der Waals surface area contributed by atoms with Gasteiger partial charge in [0.1, 0.15) is 5.69 Å². The molecule has 0 radical (unpaired) electrons. The number of aromatic nitrogens is 2. The average Bonchev–Trinajstić information content (AvgIpc) is 2.59. The van der Waals surface area contributed by atoms with Crippen molar-refractivity contribution in [2.45, 2.75) is 47.1 Å². The molecule has 1 rings (SSSR count). The summed E-state index contributed by atoms with van der Waals surface area (Å²) in [4.78, 5) is 12.4. The van der Waals surface area contributed by atoms with Gasteiger partial charge < -0.3 is 0 Å². The maximum absolute atomic E-state index is 12.4. The Morgan fingerprint density at radius 3 is 2.56 bits per heavy atom. The summed E-state index contributed by atoms with van der Waals surface area (Å²) < 4.78 is 2.57. The lowest BCUT2D eigenvalue weighted by Gasteiger charge is -2.22. The van der Waals surface area contributed by atoms with E-state index in [1.165, 1.54) is 0 Å². The van der Waals surface area contributed by atoms with Gasteiger partial charge in [-0.25, -0.2) is 0 Å². The molecule has 0 aliphatic carbocycles. The van der Waals surface area contributed by atoms with Crippen molar-refractivity contribution in [2.75, 3.05) is 0 Å². The highest BCUT2D eigenvalue weighted by atomic mass is 79.9. The van der Waals surface area contributed by atoms with Crippen molar-refractivity contribution in [1.82, 2.24) is 9.78 Å². The average molecular weight is 287 g/mol. The van der Waals surface area contributed by atoms with Gasteiger partial charge in [0.25, 0.3) is 0 Å². The van der Waals surface area contributed by atoms with Crippen molar-refractivity contribution in [3.8, 4) is 0 Å². The topological polar surface area (TPSA) is 34.9 Å². The van der Waals surface area contributed by atoms with E-state index in [0.29, 0.717) is 5.69 Å². The van der Waals surface area contributed by atoms with Crippen LogP contribution in [-0.4, -0.2) is 15.6 Å². The second kappa shape index (κ2) is 4.70. The number of hydrogen-bond donors (Lipinski definition) is 0. The van der Waals surface area contributed by atoms with E-state index in [2.05, 4.69) is 21.0 Å². The summed E-state index contributed by atoms with van der Waals surface area (Å²) in [5.74, 6) is 0.146. The maximum Gasteiger partial charge on any atom is 0.187 e. The molecule has 0 aliphatic rings. The Hall–Kier alpha value is -0.640. The van der Waals surface area contributed by atoms with Gasteiger partial charge in [-0.2, -0.15) is 5.10 Å². The fourth-order valence-electron chi connectivity index (χ4n) is 1.43. The molecule has 1 aromatic rings. The van der Waals surface area contributed by atoms with Crippen molar-refractivity contribution in [3.05, 3.63) is 16.4 Å². The molecule has 16 heavy (non-hydrogen) atoms. The molecule has 3 nitrogen and oxygen atoms in total. The van der Waals surface area contributed by atoms with Crippen LogP contribution in [0.1, 0.15) is 57.6 Å². The fraction of sp³-hybridized carbons (Fsp3) is 0.667. The van der Waals surface area contributed by atoms with Crippen molar-refractivity contribution in [3.63, 3.8) is 0 Å². The van der Waals surface area contributed by atoms with Crippen molar-refractivity contribution >= 4 is 21.7 Å². The lowest BCUT2D eigenvalue weighted by Crippen LogP contribution is -2.27. The Balaban J connectivity index is 3.22. The first kappa shape index (κ1) is 13.4. The summed E-state index contributed by atoms with van der Waals surface area (Å²) in [6.45, 7) is 10.0. The number of Topliss-reactive ketones (excluding diaryl/α,β-unsaturated/α-hetero) is 1. The summed E-state index contributed by atoms with van der Waals surface area (Å²) in [5.41, 5.74) is 0.344. The minimum absolute atomic E-state index is 0.146. The number of carbonyl (C=O) groups excluding carboxylic acids is 1. The number of rotatable bonds is 4. The Kier molecular flexibility index (Phi) is 3.94. The molecule has 1 aromatic heterocycles. The fourth-order valence-corrected chi connectivity index (χ4v) is 1.88. The first-order chi connectivity index (χ1) is 7.31. The lowest BCUT2D eigenvalue weighted by atomic mass is 9.84. The summed E-state index contributed by atoms with van der Waals surface area (Å²) in [7, 11) is 0. The minimum Gasteiger partial charge on any atom is -0.292 e. The van der Waals surface area contributed by atoms with E-state index < -0.39 is 0 Å². The smallest absolute Gasteiger partial charge is 0.187 e. The van der Waals surface area contributed by atoms with Crippen LogP contribution in [0.2, 0.25) is 0 Å². The second-order valence-electron chi connectivity index (χ2n) is 4.95. The molecule has 0 saturated heterocycles. The van der Waals surface area contributed by atoms with E-state index in [-0.39, 0.29) is 17.2 Å².